The second-order valence-electron chi connectivity index (χ2n) is 7.24. The van der Waals surface area contributed by atoms with E-state index < -0.39 is 4.92 Å². The van der Waals surface area contributed by atoms with Crippen molar-refractivity contribution in [1.29, 1.82) is 0 Å². The molecule has 2 aliphatic heterocycles. The van der Waals surface area contributed by atoms with Crippen molar-refractivity contribution < 1.29 is 4.92 Å². The molecule has 0 aromatic carbocycles. The highest BCUT2D eigenvalue weighted by Crippen LogP contribution is 2.35. The van der Waals surface area contributed by atoms with Gasteiger partial charge in [-0.3, -0.25) is 10.1 Å². The highest BCUT2D eigenvalue weighted by atomic mass is 16.6. The maximum atomic E-state index is 11.5. The number of nitrogens with two attached hydrogens (primary N) is 1. The number of nitrogens with zero attached hydrogens (tertiary/aromatic N) is 5. The molecule has 8 nitrogen and oxygen atoms in total. The first-order valence-corrected chi connectivity index (χ1v) is 8.77. The Morgan fingerprint density at radius 2 is 1.71 bits per heavy atom. The van der Waals surface area contributed by atoms with Crippen LogP contribution in [-0.2, 0) is 0 Å². The molecule has 2 fully saturated rings. The minimum absolute atomic E-state index is 0.0311. The normalized spacial score (nSPS) is 24.9. The first-order valence-electron chi connectivity index (χ1n) is 8.77. The van der Waals surface area contributed by atoms with E-state index in [1.54, 1.807) is 0 Å². The molecule has 2 unspecified atom stereocenters. The van der Waals surface area contributed by atoms with E-state index in [1.807, 2.05) is 4.90 Å². The fourth-order valence-electron chi connectivity index (χ4n) is 3.92. The number of piperidine rings is 2. The Labute approximate surface area is 142 Å². The van der Waals surface area contributed by atoms with Crippen molar-refractivity contribution in [3.05, 3.63) is 10.1 Å². The van der Waals surface area contributed by atoms with Crippen molar-refractivity contribution in [1.82, 2.24) is 9.97 Å². The van der Waals surface area contributed by atoms with Crippen molar-refractivity contribution >= 4 is 23.3 Å². The zero-order valence-corrected chi connectivity index (χ0v) is 14.4. The van der Waals surface area contributed by atoms with Crippen molar-refractivity contribution in [3.8, 4) is 0 Å². The van der Waals surface area contributed by atoms with Gasteiger partial charge in [-0.05, 0) is 37.5 Å². The standard InChI is InChI=1S/C16H26N6O2/c1-11-8-12(2)10-21(9-11)16-18-14(17)13(22(23)24)15(19-16)20-6-4-3-5-7-20/h11-12H,3-10H2,1-2H3,(H2,17,18,19). The summed E-state index contributed by atoms with van der Waals surface area (Å²) in [6.45, 7) is 7.71. The summed E-state index contributed by atoms with van der Waals surface area (Å²) in [5.74, 6) is 1.97. The Bertz CT molecular complexity index is 607. The van der Waals surface area contributed by atoms with Gasteiger partial charge in [-0.1, -0.05) is 13.8 Å². The first kappa shape index (κ1) is 16.7. The van der Waals surface area contributed by atoms with Crippen LogP contribution in [-0.4, -0.2) is 41.1 Å². The summed E-state index contributed by atoms with van der Waals surface area (Å²) in [7, 11) is 0. The van der Waals surface area contributed by atoms with Crippen LogP contribution in [0.4, 0.5) is 23.3 Å². The van der Waals surface area contributed by atoms with Crippen molar-refractivity contribution in [2.24, 2.45) is 11.8 Å². The molecule has 3 rings (SSSR count). The van der Waals surface area contributed by atoms with Crippen LogP contribution in [0.15, 0.2) is 0 Å². The Hall–Kier alpha value is -2.12. The minimum Gasteiger partial charge on any atom is -0.378 e. The second-order valence-corrected chi connectivity index (χ2v) is 7.24. The van der Waals surface area contributed by atoms with Gasteiger partial charge < -0.3 is 15.5 Å². The second kappa shape index (κ2) is 6.78. The van der Waals surface area contributed by atoms with Crippen LogP contribution < -0.4 is 15.5 Å². The fourth-order valence-corrected chi connectivity index (χ4v) is 3.92. The Morgan fingerprint density at radius 3 is 2.29 bits per heavy atom. The molecule has 0 aliphatic carbocycles. The molecular weight excluding hydrogens is 308 g/mol. The maximum absolute atomic E-state index is 11.5. The third kappa shape index (κ3) is 3.37. The third-order valence-electron chi connectivity index (χ3n) is 4.87. The molecule has 1 aromatic rings. The lowest BCUT2D eigenvalue weighted by molar-refractivity contribution is -0.383. The number of aromatic nitrogens is 2. The minimum atomic E-state index is -0.454. The van der Waals surface area contributed by atoms with Crippen LogP contribution in [0.5, 0.6) is 0 Å². The van der Waals surface area contributed by atoms with Crippen molar-refractivity contribution in [2.45, 2.75) is 39.5 Å². The van der Waals surface area contributed by atoms with E-state index in [0.717, 1.165) is 45.4 Å². The van der Waals surface area contributed by atoms with E-state index in [4.69, 9.17) is 5.73 Å². The zero-order valence-electron chi connectivity index (χ0n) is 14.4. The lowest BCUT2D eigenvalue weighted by Gasteiger charge is -2.35. The molecule has 8 heteroatoms. The summed E-state index contributed by atoms with van der Waals surface area (Å²) < 4.78 is 0. The average Bonchev–Trinajstić information content (AvgIpc) is 2.53. The summed E-state index contributed by atoms with van der Waals surface area (Å²) in [6.07, 6.45) is 4.37. The molecule has 2 atom stereocenters. The van der Waals surface area contributed by atoms with Crippen LogP contribution >= 0.6 is 0 Å². The number of nitro groups is 1. The first-order chi connectivity index (χ1) is 11.5. The zero-order chi connectivity index (χ0) is 17.3. The highest BCUT2D eigenvalue weighted by molar-refractivity contribution is 5.71. The molecule has 132 valence electrons. The van der Waals surface area contributed by atoms with E-state index in [0.29, 0.717) is 23.6 Å². The van der Waals surface area contributed by atoms with E-state index in [2.05, 4.69) is 28.7 Å². The van der Waals surface area contributed by atoms with E-state index in [9.17, 15) is 10.1 Å². The van der Waals surface area contributed by atoms with Gasteiger partial charge in [0.25, 0.3) is 0 Å². The topological polar surface area (TPSA) is 101 Å². The van der Waals surface area contributed by atoms with Gasteiger partial charge in [0.05, 0.1) is 4.92 Å². The third-order valence-corrected chi connectivity index (χ3v) is 4.87. The summed E-state index contributed by atoms with van der Waals surface area (Å²) in [4.78, 5) is 24.0. The number of nitrogen functional groups attached to an aromatic ring is 1. The van der Waals surface area contributed by atoms with Gasteiger partial charge in [-0.2, -0.15) is 9.97 Å². The summed E-state index contributed by atoms with van der Waals surface area (Å²) in [5.41, 5.74) is 5.81. The number of rotatable bonds is 3. The molecule has 0 spiro atoms. The Kier molecular flexibility index (Phi) is 4.73. The van der Waals surface area contributed by atoms with Gasteiger partial charge in [0.2, 0.25) is 17.6 Å². The SMILES string of the molecule is CC1CC(C)CN(c2nc(N)c([N+](=O)[O-])c(N3CCCCC3)n2)C1. The van der Waals surface area contributed by atoms with Crippen LogP contribution in [0, 0.1) is 22.0 Å². The quantitative estimate of drug-likeness (QED) is 0.669. The largest absolute Gasteiger partial charge is 0.378 e. The van der Waals surface area contributed by atoms with Crippen LogP contribution in [0.2, 0.25) is 0 Å². The van der Waals surface area contributed by atoms with E-state index in [-0.39, 0.29) is 11.5 Å². The Morgan fingerprint density at radius 1 is 1.08 bits per heavy atom. The molecule has 3 heterocycles. The van der Waals surface area contributed by atoms with Gasteiger partial charge in [0.1, 0.15) is 0 Å². The predicted molar refractivity (Wildman–Crippen MR) is 94.3 cm³/mol. The summed E-state index contributed by atoms with van der Waals surface area (Å²) >= 11 is 0. The number of anilines is 3. The monoisotopic (exact) mass is 334 g/mol. The van der Waals surface area contributed by atoms with E-state index in [1.165, 1.54) is 6.42 Å². The van der Waals surface area contributed by atoms with Crippen LogP contribution in [0.3, 0.4) is 0 Å². The van der Waals surface area contributed by atoms with Crippen molar-refractivity contribution in [2.75, 3.05) is 41.7 Å². The van der Waals surface area contributed by atoms with Crippen molar-refractivity contribution in [3.63, 3.8) is 0 Å². The van der Waals surface area contributed by atoms with Gasteiger partial charge in [-0.25, -0.2) is 0 Å². The van der Waals surface area contributed by atoms with Gasteiger partial charge in [0, 0.05) is 26.2 Å². The molecular formula is C16H26N6O2. The smallest absolute Gasteiger partial charge is 0.353 e. The van der Waals surface area contributed by atoms with Gasteiger partial charge >= 0.3 is 5.69 Å². The molecule has 0 radical (unpaired) electrons. The average molecular weight is 334 g/mol. The molecule has 2 N–H and O–H groups in total. The number of hydrogen-bond donors (Lipinski definition) is 1. The molecule has 2 saturated heterocycles. The molecule has 2 aliphatic rings. The van der Waals surface area contributed by atoms with Gasteiger partial charge in [-0.15, -0.1) is 0 Å². The molecule has 0 saturated carbocycles. The summed E-state index contributed by atoms with van der Waals surface area (Å²) in [5, 5.41) is 11.5. The molecule has 0 amide bonds. The highest BCUT2D eigenvalue weighted by Gasteiger charge is 2.31. The molecule has 24 heavy (non-hydrogen) atoms. The predicted octanol–water partition coefficient (Wildman–Crippen LogP) is 2.44. The van der Waals surface area contributed by atoms with E-state index >= 15 is 0 Å². The molecule has 0 bridgehead atoms. The lowest BCUT2D eigenvalue weighted by atomic mass is 9.92. The van der Waals surface area contributed by atoms with Crippen LogP contribution in [0.25, 0.3) is 0 Å². The number of hydrogen-bond acceptors (Lipinski definition) is 7. The van der Waals surface area contributed by atoms with Crippen LogP contribution in [0.1, 0.15) is 39.5 Å². The maximum Gasteiger partial charge on any atom is 0.353 e. The van der Waals surface area contributed by atoms with Gasteiger partial charge in [0.15, 0.2) is 0 Å². The molecule has 1 aromatic heterocycles. The lowest BCUT2D eigenvalue weighted by Crippen LogP contribution is -2.40. The summed E-state index contributed by atoms with van der Waals surface area (Å²) in [6, 6.07) is 0. The Balaban J connectivity index is 1.99. The fraction of sp³-hybridized carbons (Fsp3) is 0.750.